The molecule has 366 valence electrons. The summed E-state index contributed by atoms with van der Waals surface area (Å²) in [7, 11) is 0. The van der Waals surface area contributed by atoms with Gasteiger partial charge in [-0.25, -0.2) is 4.98 Å². The van der Waals surface area contributed by atoms with E-state index in [2.05, 4.69) is 82.1 Å². The number of H-pyrrole nitrogens is 2. The number of guanidine groups is 2. The summed E-state index contributed by atoms with van der Waals surface area (Å²) >= 11 is 8.39. The van der Waals surface area contributed by atoms with Crippen LogP contribution in [0.5, 0.6) is 0 Å². The molecule has 0 aliphatic heterocycles. The summed E-state index contributed by atoms with van der Waals surface area (Å²) in [5, 5.41) is 16.9. The van der Waals surface area contributed by atoms with Crippen molar-refractivity contribution >= 4 is 89.4 Å². The number of hydrogen-bond donors (Lipinski definition) is 15. The van der Waals surface area contributed by atoms with Crippen LogP contribution < -0.4 is 60.6 Å². The fraction of sp³-hybridized carbons (Fsp3) is 0.395. The van der Waals surface area contributed by atoms with Gasteiger partial charge in [0.2, 0.25) is 41.4 Å². The van der Waals surface area contributed by atoms with Gasteiger partial charge in [0.15, 0.2) is 11.9 Å². The first-order valence-corrected chi connectivity index (χ1v) is 22.8. The number of fused-ring (bicyclic) bond motifs is 1. The van der Waals surface area contributed by atoms with Crippen molar-refractivity contribution in [3.63, 3.8) is 0 Å². The Labute approximate surface area is 403 Å². The molecule has 7 amide bonds. The van der Waals surface area contributed by atoms with Crippen molar-refractivity contribution in [3.8, 4) is 0 Å². The Bertz CT molecular complexity index is 2370. The number of benzene rings is 2. The number of aromatic amines is 2. The molecule has 0 bridgehead atoms. The van der Waals surface area contributed by atoms with Crippen LogP contribution in [0.25, 0.3) is 10.9 Å². The van der Waals surface area contributed by atoms with Gasteiger partial charge in [0.05, 0.1) is 12.9 Å². The molecule has 68 heavy (non-hydrogen) atoms. The van der Waals surface area contributed by atoms with E-state index in [0.717, 1.165) is 10.9 Å². The zero-order valence-corrected chi connectivity index (χ0v) is 38.9. The lowest BCUT2D eigenvalue weighted by atomic mass is 10.0. The molecule has 0 radical (unpaired) electrons. The van der Waals surface area contributed by atoms with Crippen molar-refractivity contribution < 1.29 is 33.6 Å². The van der Waals surface area contributed by atoms with Gasteiger partial charge in [0, 0.05) is 67.0 Å². The summed E-state index contributed by atoms with van der Waals surface area (Å²) in [4.78, 5) is 114. The fourth-order valence-electron chi connectivity index (χ4n) is 6.91. The normalized spacial score (nSPS) is 13.6. The summed E-state index contributed by atoms with van der Waals surface area (Å²) in [5.41, 5.74) is 29.9. The number of primary amides is 1. The first-order valence-electron chi connectivity index (χ1n) is 21.6. The maximum Gasteiger partial charge on any atom is 0.243 e. The third-order valence-electron chi connectivity index (χ3n) is 10.4. The molecule has 0 unspecified atom stereocenters. The molecule has 0 saturated carbocycles. The Hall–Kier alpha value is -7.28. The van der Waals surface area contributed by atoms with Crippen molar-refractivity contribution in [1.29, 1.82) is 0 Å². The molecule has 2 heterocycles. The number of thiol groups is 2. The lowest BCUT2D eigenvalue weighted by molar-refractivity contribution is -0.135. The highest BCUT2D eigenvalue weighted by Gasteiger charge is 2.34. The number of nitrogens with two attached hydrogens (primary N) is 5. The number of imidazole rings is 1. The Balaban J connectivity index is 1.64. The van der Waals surface area contributed by atoms with Gasteiger partial charge in [-0.3, -0.25) is 43.5 Å². The number of nitrogens with zero attached hydrogens (tertiary/aromatic N) is 3. The number of aromatic nitrogens is 3. The monoisotopic (exact) mass is 976 g/mol. The zero-order valence-electron chi connectivity index (χ0n) is 37.2. The Morgan fingerprint density at radius 3 is 1.74 bits per heavy atom. The SMILES string of the molecule is NC(=O)[C@H](CS)NC(=O)[C@H](Cc1c[nH]c2ccccc12)NC(=O)[C@H](CCCN=C(N)N)NC(=O)[C@@H](Cc1ccccc1)NC(=O)[C@H](Cc1cnc[nH]1)NC(=O)[C@H](CCS)NC(=O)CCN=C(N)N. The highest BCUT2D eigenvalue weighted by atomic mass is 32.1. The summed E-state index contributed by atoms with van der Waals surface area (Å²) in [5.74, 6) is -5.50. The third-order valence-corrected chi connectivity index (χ3v) is 11.0. The predicted molar refractivity (Wildman–Crippen MR) is 263 cm³/mol. The molecular weight excluding hydrogens is 917 g/mol. The largest absolute Gasteiger partial charge is 0.370 e. The van der Waals surface area contributed by atoms with Crippen LogP contribution in [-0.4, -0.2) is 129 Å². The van der Waals surface area contributed by atoms with E-state index in [1.807, 2.05) is 24.3 Å². The van der Waals surface area contributed by atoms with E-state index in [1.54, 1.807) is 36.5 Å². The Kier molecular flexibility index (Phi) is 21.5. The molecule has 25 heteroatoms. The van der Waals surface area contributed by atoms with E-state index in [1.165, 1.54) is 12.5 Å². The van der Waals surface area contributed by atoms with Gasteiger partial charge < -0.3 is 70.5 Å². The minimum Gasteiger partial charge on any atom is -0.370 e. The van der Waals surface area contributed by atoms with Gasteiger partial charge in [-0.15, -0.1) is 0 Å². The van der Waals surface area contributed by atoms with Crippen LogP contribution in [0.2, 0.25) is 0 Å². The Morgan fingerprint density at radius 1 is 0.603 bits per heavy atom. The molecule has 0 fully saturated rings. The third kappa shape index (κ3) is 17.5. The van der Waals surface area contributed by atoms with Crippen molar-refractivity contribution in [1.82, 2.24) is 46.9 Å². The standard InChI is InChI=1S/C43H60N16O7S2/c44-36(61)34(22-68)59-40(65)32(18-25-20-52-28-10-5-4-9-27(25)28)57-37(62)29(11-6-14-50-42(45)46)55-39(64)31(17-24-7-2-1-3-8-24)56-41(66)33(19-26-21-49-23-53-26)58-38(63)30(13-16-67)54-35(60)12-15-51-43(47)48/h1-5,7-10,20-21,23,29-34,52,67-68H,6,11-19,22H2,(H2,44,61)(H,49,53)(H,54,60)(H,55,64)(H,56,66)(H,57,62)(H,58,63)(H,59,65)(H4,45,46,50)(H4,47,48,51)/t29-,30-,31+,32-,33-,34-/m0/s1. The number of amides is 7. The van der Waals surface area contributed by atoms with Crippen molar-refractivity contribution in [3.05, 3.63) is 90.1 Å². The van der Waals surface area contributed by atoms with Crippen LogP contribution in [0.15, 0.2) is 83.3 Å². The molecule has 6 atom stereocenters. The second-order valence-electron chi connectivity index (χ2n) is 15.6. The average Bonchev–Trinajstić information content (AvgIpc) is 3.98. The smallest absolute Gasteiger partial charge is 0.243 e. The number of carbonyl (C=O) groups is 7. The lowest BCUT2D eigenvalue weighted by Crippen LogP contribution is -2.60. The average molecular weight is 977 g/mol. The molecular formula is C43H60N16O7S2. The number of hydrogen-bond acceptors (Lipinski definition) is 12. The van der Waals surface area contributed by atoms with Gasteiger partial charge in [-0.1, -0.05) is 48.5 Å². The lowest BCUT2D eigenvalue weighted by Gasteiger charge is -2.27. The zero-order chi connectivity index (χ0) is 49.6. The second-order valence-corrected chi connectivity index (χ2v) is 16.4. The van der Waals surface area contributed by atoms with Crippen LogP contribution in [0, 0.1) is 0 Å². The van der Waals surface area contributed by atoms with E-state index >= 15 is 0 Å². The number of carbonyl (C=O) groups excluding carboxylic acids is 7. The quantitative estimate of drug-likeness (QED) is 0.0120. The van der Waals surface area contributed by atoms with E-state index < -0.39 is 77.6 Å². The van der Waals surface area contributed by atoms with Crippen LogP contribution in [-0.2, 0) is 52.8 Å². The van der Waals surface area contributed by atoms with Crippen molar-refractivity contribution in [2.24, 2.45) is 38.7 Å². The molecule has 0 saturated heterocycles. The van der Waals surface area contributed by atoms with Crippen molar-refractivity contribution in [2.75, 3.05) is 24.6 Å². The first-order chi connectivity index (χ1) is 32.6. The molecule has 0 aliphatic carbocycles. The number of aliphatic imine (C=N–C) groups is 2. The van der Waals surface area contributed by atoms with E-state index in [9.17, 15) is 33.6 Å². The Morgan fingerprint density at radius 2 is 1.15 bits per heavy atom. The van der Waals surface area contributed by atoms with Crippen LogP contribution >= 0.6 is 25.3 Å². The van der Waals surface area contributed by atoms with Crippen molar-refractivity contribution in [2.45, 2.75) is 81.2 Å². The fourth-order valence-corrected chi connectivity index (χ4v) is 7.44. The van der Waals surface area contributed by atoms with Crippen LogP contribution in [0.3, 0.4) is 0 Å². The molecule has 2 aromatic heterocycles. The molecule has 18 N–H and O–H groups in total. The molecule has 0 aliphatic rings. The summed E-state index contributed by atoms with van der Waals surface area (Å²) in [6.45, 7) is 0.0557. The van der Waals surface area contributed by atoms with Gasteiger partial charge in [0.25, 0.3) is 0 Å². The summed E-state index contributed by atoms with van der Waals surface area (Å²) < 4.78 is 0. The highest BCUT2D eigenvalue weighted by Crippen LogP contribution is 2.20. The van der Waals surface area contributed by atoms with Crippen LogP contribution in [0.4, 0.5) is 0 Å². The topological polar surface area (TPSA) is 391 Å². The maximum atomic E-state index is 14.5. The van der Waals surface area contributed by atoms with E-state index in [-0.39, 0.29) is 81.5 Å². The minimum atomic E-state index is -1.35. The van der Waals surface area contributed by atoms with Crippen LogP contribution in [0.1, 0.15) is 42.5 Å². The van der Waals surface area contributed by atoms with Gasteiger partial charge in [-0.05, 0) is 42.2 Å². The minimum absolute atomic E-state index is 0.0212. The predicted octanol–water partition coefficient (Wildman–Crippen LogP) is -2.72. The summed E-state index contributed by atoms with van der Waals surface area (Å²) in [6.07, 6.45) is 4.45. The van der Waals surface area contributed by atoms with E-state index in [4.69, 9.17) is 28.7 Å². The molecule has 23 nitrogen and oxygen atoms in total. The van der Waals surface area contributed by atoms with Gasteiger partial charge in [0.1, 0.15) is 36.3 Å². The molecule has 4 rings (SSSR count). The first kappa shape index (κ1) is 53.3. The van der Waals surface area contributed by atoms with E-state index in [0.29, 0.717) is 16.8 Å². The van der Waals surface area contributed by atoms with Gasteiger partial charge >= 0.3 is 0 Å². The second kappa shape index (κ2) is 27.4. The maximum absolute atomic E-state index is 14.5. The highest BCUT2D eigenvalue weighted by molar-refractivity contribution is 7.80. The molecule has 4 aromatic rings. The summed E-state index contributed by atoms with van der Waals surface area (Å²) in [6, 6.07) is 8.52. The molecule has 0 spiro atoms. The number of rotatable bonds is 28. The van der Waals surface area contributed by atoms with Gasteiger partial charge in [-0.2, -0.15) is 25.3 Å². The number of nitrogens with one attached hydrogen (secondary N) is 8. The number of para-hydroxylation sites is 1. The molecule has 2 aromatic carbocycles.